The number of rotatable bonds is 1. The van der Waals surface area contributed by atoms with Gasteiger partial charge in [-0.3, -0.25) is 0 Å². The van der Waals surface area contributed by atoms with E-state index in [2.05, 4.69) is 17.8 Å². The maximum Gasteiger partial charge on any atom is 0.0621 e. The summed E-state index contributed by atoms with van der Waals surface area (Å²) in [6, 6.07) is 0. The van der Waals surface area contributed by atoms with Gasteiger partial charge in [-0.15, -0.1) is 6.42 Å². The lowest BCUT2D eigenvalue weighted by molar-refractivity contribution is 0.343. The molecule has 0 aliphatic heterocycles. The molecule has 1 N–H and O–H groups in total. The highest BCUT2D eigenvalue weighted by Gasteiger charge is 1.58. The maximum absolute atomic E-state index is 8.16. The van der Waals surface area contributed by atoms with Gasteiger partial charge in [-0.1, -0.05) is 12.0 Å². The van der Waals surface area contributed by atoms with Crippen LogP contribution in [0.4, 0.5) is 0 Å². The van der Waals surface area contributed by atoms with Gasteiger partial charge in [0, 0.05) is 0 Å². The first-order valence-electron chi connectivity index (χ1n) is 2.14. The zero-order valence-corrected chi connectivity index (χ0v) is 4.39. The average molecular weight is 106 g/mol. The van der Waals surface area contributed by atoms with Crippen LogP contribution in [0.15, 0.2) is 12.2 Å². The van der Waals surface area contributed by atoms with E-state index < -0.39 is 0 Å². The van der Waals surface area contributed by atoms with Crippen LogP contribution in [0.1, 0.15) is 0 Å². The van der Waals surface area contributed by atoms with Gasteiger partial charge in [0.25, 0.3) is 0 Å². The molecule has 0 atom stereocenters. The number of allylic oxidation sites excluding steroid dienone is 1. The molecule has 0 aromatic rings. The van der Waals surface area contributed by atoms with Crippen LogP contribution in [0, 0.1) is 24.2 Å². The molecule has 0 unspecified atom stereocenters. The number of hydrogen-bond donors (Lipinski definition) is 1. The second-order valence-electron chi connectivity index (χ2n) is 0.999. The Morgan fingerprint density at radius 1 is 1.62 bits per heavy atom. The van der Waals surface area contributed by atoms with E-state index in [1.807, 2.05) is 0 Å². The van der Waals surface area contributed by atoms with Gasteiger partial charge in [-0.05, 0) is 17.9 Å². The van der Waals surface area contributed by atoms with E-state index in [4.69, 9.17) is 11.5 Å². The first-order valence-corrected chi connectivity index (χ1v) is 2.14. The van der Waals surface area contributed by atoms with Gasteiger partial charge in [0.2, 0.25) is 0 Å². The fraction of sp³-hybridized carbons (Fsp3) is 0.143. The SMILES string of the molecule is C#CC#C/C=C/CO. The number of aliphatic hydroxyl groups is 1. The Morgan fingerprint density at radius 2 is 2.38 bits per heavy atom. The Balaban J connectivity index is 3.46. The molecule has 0 bridgehead atoms. The summed E-state index contributed by atoms with van der Waals surface area (Å²) < 4.78 is 0. The molecule has 0 amide bonds. The Bertz CT molecular complexity index is 161. The highest BCUT2D eigenvalue weighted by molar-refractivity contribution is 5.27. The lowest BCUT2D eigenvalue weighted by Gasteiger charge is -1.67. The molecule has 0 saturated carbocycles. The van der Waals surface area contributed by atoms with Crippen molar-refractivity contribution in [3.05, 3.63) is 12.2 Å². The molecule has 0 radical (unpaired) electrons. The van der Waals surface area contributed by atoms with Crippen molar-refractivity contribution in [3.63, 3.8) is 0 Å². The molecular formula is C7H6O. The Hall–Kier alpha value is -1.18. The van der Waals surface area contributed by atoms with Crippen molar-refractivity contribution < 1.29 is 5.11 Å². The first-order chi connectivity index (χ1) is 3.91. The van der Waals surface area contributed by atoms with Crippen LogP contribution in [0.2, 0.25) is 0 Å². The quantitative estimate of drug-likeness (QED) is 0.472. The lowest BCUT2D eigenvalue weighted by atomic mass is 10.5. The lowest BCUT2D eigenvalue weighted by Crippen LogP contribution is -1.67. The maximum atomic E-state index is 8.16. The van der Waals surface area contributed by atoms with Gasteiger partial charge in [-0.25, -0.2) is 0 Å². The Kier molecular flexibility index (Phi) is 4.96. The van der Waals surface area contributed by atoms with Gasteiger partial charge in [-0.2, -0.15) is 0 Å². The van der Waals surface area contributed by atoms with E-state index in [1.165, 1.54) is 12.2 Å². The number of terminal acetylenes is 1. The van der Waals surface area contributed by atoms with Gasteiger partial charge < -0.3 is 5.11 Å². The molecule has 0 saturated heterocycles. The average Bonchev–Trinajstić information content (AvgIpc) is 1.81. The van der Waals surface area contributed by atoms with E-state index in [-0.39, 0.29) is 6.61 Å². The van der Waals surface area contributed by atoms with Crippen molar-refractivity contribution in [2.24, 2.45) is 0 Å². The first kappa shape index (κ1) is 6.82. The number of aliphatic hydroxyl groups excluding tert-OH is 1. The van der Waals surface area contributed by atoms with Crippen molar-refractivity contribution in [1.29, 1.82) is 0 Å². The summed E-state index contributed by atoms with van der Waals surface area (Å²) >= 11 is 0. The molecule has 0 aromatic carbocycles. The minimum absolute atomic E-state index is 0.0131. The third-order valence-electron chi connectivity index (χ3n) is 0.451. The topological polar surface area (TPSA) is 20.2 Å². The highest BCUT2D eigenvalue weighted by atomic mass is 16.2. The van der Waals surface area contributed by atoms with Crippen LogP contribution < -0.4 is 0 Å². The zero-order chi connectivity index (χ0) is 6.24. The van der Waals surface area contributed by atoms with Gasteiger partial charge >= 0.3 is 0 Å². The minimum Gasteiger partial charge on any atom is -0.392 e. The predicted octanol–water partition coefficient (Wildman–Crippen LogP) is 0.171. The van der Waals surface area contributed by atoms with Gasteiger partial charge in [0.15, 0.2) is 0 Å². The molecule has 40 valence electrons. The van der Waals surface area contributed by atoms with Crippen LogP contribution >= 0.6 is 0 Å². The molecule has 1 nitrogen and oxygen atoms in total. The molecule has 8 heavy (non-hydrogen) atoms. The molecule has 0 heterocycles. The zero-order valence-electron chi connectivity index (χ0n) is 4.39. The molecular weight excluding hydrogens is 100 g/mol. The summed E-state index contributed by atoms with van der Waals surface area (Å²) in [5.74, 6) is 7.00. The van der Waals surface area contributed by atoms with Crippen molar-refractivity contribution in [2.75, 3.05) is 6.61 Å². The van der Waals surface area contributed by atoms with Crippen molar-refractivity contribution in [1.82, 2.24) is 0 Å². The second-order valence-corrected chi connectivity index (χ2v) is 0.999. The molecule has 1 heteroatoms. The summed E-state index contributed by atoms with van der Waals surface area (Å²) in [6.45, 7) is 0.0131. The van der Waals surface area contributed by atoms with Crippen LogP contribution in [-0.2, 0) is 0 Å². The van der Waals surface area contributed by atoms with Crippen LogP contribution in [0.5, 0.6) is 0 Å². The standard InChI is InChI=1S/C7H6O/c1-2-3-4-5-6-7-8/h1,5-6,8H,7H2/b6-5+. The summed E-state index contributed by atoms with van der Waals surface area (Å²) in [5.41, 5.74) is 0. The molecule has 0 aliphatic rings. The van der Waals surface area contributed by atoms with Crippen LogP contribution in [0.3, 0.4) is 0 Å². The third kappa shape index (κ3) is 4.82. The smallest absolute Gasteiger partial charge is 0.0621 e. The summed E-state index contributed by atoms with van der Waals surface area (Å²) in [7, 11) is 0. The molecule has 0 rings (SSSR count). The summed E-state index contributed by atoms with van der Waals surface area (Å²) in [6.07, 6.45) is 7.82. The van der Waals surface area contributed by atoms with E-state index >= 15 is 0 Å². The van der Waals surface area contributed by atoms with Crippen LogP contribution in [-0.4, -0.2) is 11.7 Å². The number of hydrogen-bond acceptors (Lipinski definition) is 1. The summed E-state index contributed by atoms with van der Waals surface area (Å²) in [5, 5.41) is 8.16. The monoisotopic (exact) mass is 106 g/mol. The Labute approximate surface area is 49.0 Å². The normalized spacial score (nSPS) is 7.50. The van der Waals surface area contributed by atoms with Crippen molar-refractivity contribution in [3.8, 4) is 24.2 Å². The molecule has 0 spiro atoms. The fourth-order valence-electron chi connectivity index (χ4n) is 0.195. The van der Waals surface area contributed by atoms with Crippen LogP contribution in [0.25, 0.3) is 0 Å². The van der Waals surface area contributed by atoms with Crippen molar-refractivity contribution >= 4 is 0 Å². The predicted molar refractivity (Wildman–Crippen MR) is 32.8 cm³/mol. The Morgan fingerprint density at radius 3 is 2.88 bits per heavy atom. The van der Waals surface area contributed by atoms with E-state index in [9.17, 15) is 0 Å². The fourth-order valence-corrected chi connectivity index (χ4v) is 0.195. The molecule has 0 fully saturated rings. The van der Waals surface area contributed by atoms with E-state index in [0.717, 1.165) is 0 Å². The van der Waals surface area contributed by atoms with Gasteiger partial charge in [0.1, 0.15) is 0 Å². The summed E-state index contributed by atoms with van der Waals surface area (Å²) in [4.78, 5) is 0. The largest absolute Gasteiger partial charge is 0.392 e. The molecule has 0 aromatic heterocycles. The second kappa shape index (κ2) is 5.82. The molecule has 0 aliphatic carbocycles. The van der Waals surface area contributed by atoms with Gasteiger partial charge in [0.05, 0.1) is 6.61 Å². The van der Waals surface area contributed by atoms with Crippen molar-refractivity contribution in [2.45, 2.75) is 0 Å². The minimum atomic E-state index is 0.0131. The van der Waals surface area contributed by atoms with E-state index in [0.29, 0.717) is 0 Å². The third-order valence-corrected chi connectivity index (χ3v) is 0.451. The van der Waals surface area contributed by atoms with E-state index in [1.54, 1.807) is 0 Å². The highest BCUT2D eigenvalue weighted by Crippen LogP contribution is 1.64.